The van der Waals surface area contributed by atoms with Crippen LogP contribution in [-0.4, -0.2) is 26.6 Å². The van der Waals surface area contributed by atoms with Gasteiger partial charge in [0.15, 0.2) is 0 Å². The summed E-state index contributed by atoms with van der Waals surface area (Å²) in [7, 11) is 0. The zero-order valence-electron chi connectivity index (χ0n) is 12.4. The smallest absolute Gasteiger partial charge is 0.0621 e. The van der Waals surface area contributed by atoms with E-state index >= 15 is 0 Å². The van der Waals surface area contributed by atoms with Gasteiger partial charge in [-0.2, -0.15) is 11.8 Å². The Balaban J connectivity index is 2.51. The van der Waals surface area contributed by atoms with Crippen LogP contribution in [0.25, 0.3) is 0 Å². The molecular weight excluding hydrogens is 276 g/mol. The van der Waals surface area contributed by atoms with E-state index in [2.05, 4.69) is 56.1 Å². The second kappa shape index (κ2) is 9.88. The maximum atomic E-state index is 2.32. The Kier molecular flexibility index (Phi) is 9.38. The monoisotopic (exact) mass is 306 g/mol. The lowest BCUT2D eigenvalue weighted by atomic mass is 9.99. The molecule has 0 radical (unpaired) electrons. The van der Waals surface area contributed by atoms with Crippen molar-refractivity contribution in [3.8, 4) is 0 Å². The summed E-state index contributed by atoms with van der Waals surface area (Å²) in [5.41, 5.74) is 0. The summed E-state index contributed by atoms with van der Waals surface area (Å²) in [6, 6.07) is 0. The van der Waals surface area contributed by atoms with E-state index in [1.165, 1.54) is 62.2 Å². The lowest BCUT2D eigenvalue weighted by Gasteiger charge is -2.40. The van der Waals surface area contributed by atoms with E-state index in [1.807, 2.05) is 0 Å². The van der Waals surface area contributed by atoms with Crippen LogP contribution in [0.4, 0.5) is 0 Å². The molecule has 1 unspecified atom stereocenters. The molecule has 0 nitrogen and oxygen atoms in total. The highest BCUT2D eigenvalue weighted by Gasteiger charge is 2.36. The summed E-state index contributed by atoms with van der Waals surface area (Å²) in [6.45, 7) is 6.94. The van der Waals surface area contributed by atoms with Crippen molar-refractivity contribution >= 4 is 35.3 Å². The highest BCUT2D eigenvalue weighted by molar-refractivity contribution is 8.18. The largest absolute Gasteiger partial charge is 0.159 e. The Morgan fingerprint density at radius 2 is 1.56 bits per heavy atom. The number of hydrogen-bond acceptors (Lipinski definition) is 3. The maximum absolute atomic E-state index is 2.32. The van der Waals surface area contributed by atoms with Gasteiger partial charge in [-0.15, -0.1) is 23.5 Å². The molecule has 1 rings (SSSR count). The Hall–Kier alpha value is 1.05. The molecule has 0 N–H and O–H groups in total. The molecule has 1 atom stereocenters. The summed E-state index contributed by atoms with van der Waals surface area (Å²) in [4.78, 5) is 0. The summed E-state index contributed by atoms with van der Waals surface area (Å²) in [6.07, 6.45) is 9.80. The quantitative estimate of drug-likeness (QED) is 0.476. The van der Waals surface area contributed by atoms with E-state index in [1.54, 1.807) is 0 Å². The van der Waals surface area contributed by atoms with E-state index in [0.29, 0.717) is 4.08 Å². The van der Waals surface area contributed by atoms with Crippen LogP contribution in [0.3, 0.4) is 0 Å². The first-order valence-electron chi connectivity index (χ1n) is 7.65. The third kappa shape index (κ3) is 6.00. The van der Waals surface area contributed by atoms with E-state index in [-0.39, 0.29) is 0 Å². The van der Waals surface area contributed by atoms with Crippen LogP contribution in [0, 0.1) is 0 Å². The van der Waals surface area contributed by atoms with Crippen LogP contribution in [0.5, 0.6) is 0 Å². The molecule has 0 aromatic rings. The van der Waals surface area contributed by atoms with E-state index in [0.717, 1.165) is 5.25 Å². The molecule has 0 aromatic heterocycles. The highest BCUT2D eigenvalue weighted by atomic mass is 32.2. The Labute approximate surface area is 127 Å². The average molecular weight is 307 g/mol. The number of thioether (sulfide) groups is 3. The van der Waals surface area contributed by atoms with E-state index in [4.69, 9.17) is 0 Å². The van der Waals surface area contributed by atoms with Crippen molar-refractivity contribution in [3.05, 3.63) is 0 Å². The molecule has 1 fully saturated rings. The predicted molar refractivity (Wildman–Crippen MR) is 93.2 cm³/mol. The molecule has 1 aliphatic rings. The average Bonchev–Trinajstić information content (AvgIpc) is 2.41. The number of hydrogen-bond donors (Lipinski definition) is 0. The molecule has 1 aliphatic carbocycles. The van der Waals surface area contributed by atoms with Crippen LogP contribution >= 0.6 is 35.3 Å². The fourth-order valence-corrected chi connectivity index (χ4v) is 7.17. The lowest BCUT2D eigenvalue weighted by Crippen LogP contribution is -2.31. The van der Waals surface area contributed by atoms with Gasteiger partial charge in [0, 0.05) is 5.25 Å². The van der Waals surface area contributed by atoms with Crippen molar-refractivity contribution in [2.75, 3.05) is 17.3 Å². The summed E-state index contributed by atoms with van der Waals surface area (Å²) in [5.74, 6) is 4.06. The third-order valence-corrected chi connectivity index (χ3v) is 8.56. The Morgan fingerprint density at radius 3 is 2.11 bits per heavy atom. The predicted octanol–water partition coefficient (Wildman–Crippen LogP) is 6.05. The van der Waals surface area contributed by atoms with Gasteiger partial charge in [-0.3, -0.25) is 0 Å². The normalized spacial score (nSPS) is 23.2. The molecule has 0 amide bonds. The molecule has 0 saturated heterocycles. The molecule has 0 aromatic carbocycles. The first-order valence-corrected chi connectivity index (χ1v) is 10.7. The van der Waals surface area contributed by atoms with Crippen molar-refractivity contribution < 1.29 is 0 Å². The molecule has 108 valence electrons. The zero-order chi connectivity index (χ0) is 13.3. The molecule has 0 bridgehead atoms. The van der Waals surface area contributed by atoms with Crippen molar-refractivity contribution in [1.82, 2.24) is 0 Å². The molecule has 0 aliphatic heterocycles. The molecule has 3 heteroatoms. The van der Waals surface area contributed by atoms with Crippen LogP contribution in [0.1, 0.15) is 65.7 Å². The fourth-order valence-electron chi connectivity index (χ4n) is 2.46. The SMILES string of the molecule is CCCSC1CCCC(SCCC)(SCCC)C1. The summed E-state index contributed by atoms with van der Waals surface area (Å²) < 4.78 is 0.565. The second-order valence-corrected chi connectivity index (χ2v) is 9.82. The van der Waals surface area contributed by atoms with Crippen molar-refractivity contribution in [2.45, 2.75) is 75.0 Å². The van der Waals surface area contributed by atoms with Crippen LogP contribution in [-0.2, 0) is 0 Å². The topological polar surface area (TPSA) is 0 Å². The lowest BCUT2D eigenvalue weighted by molar-refractivity contribution is 0.501. The molecule has 0 spiro atoms. The van der Waals surface area contributed by atoms with Crippen LogP contribution < -0.4 is 0 Å². The van der Waals surface area contributed by atoms with Crippen molar-refractivity contribution in [1.29, 1.82) is 0 Å². The molecule has 1 saturated carbocycles. The fraction of sp³-hybridized carbons (Fsp3) is 1.00. The van der Waals surface area contributed by atoms with Gasteiger partial charge in [0.05, 0.1) is 4.08 Å². The first kappa shape index (κ1) is 17.1. The van der Waals surface area contributed by atoms with Gasteiger partial charge in [0.2, 0.25) is 0 Å². The minimum absolute atomic E-state index is 0.565. The molecular formula is C15H30S3. The number of rotatable bonds is 9. The standard InChI is InChI=1S/C15H30S3/c1-4-10-16-14-8-7-9-15(13-14,17-11-5-2)18-12-6-3/h14H,4-13H2,1-3H3. The minimum atomic E-state index is 0.565. The summed E-state index contributed by atoms with van der Waals surface area (Å²) >= 11 is 6.78. The van der Waals surface area contributed by atoms with Gasteiger partial charge in [0.25, 0.3) is 0 Å². The van der Waals surface area contributed by atoms with Gasteiger partial charge < -0.3 is 0 Å². The highest BCUT2D eigenvalue weighted by Crippen LogP contribution is 2.51. The third-order valence-electron chi connectivity index (χ3n) is 3.32. The van der Waals surface area contributed by atoms with Gasteiger partial charge in [-0.05, 0) is 55.8 Å². The maximum Gasteiger partial charge on any atom is 0.0621 e. The van der Waals surface area contributed by atoms with Gasteiger partial charge in [-0.25, -0.2) is 0 Å². The first-order chi connectivity index (χ1) is 8.76. The zero-order valence-corrected chi connectivity index (χ0v) is 14.8. The Morgan fingerprint density at radius 1 is 0.944 bits per heavy atom. The van der Waals surface area contributed by atoms with Crippen molar-refractivity contribution in [2.24, 2.45) is 0 Å². The van der Waals surface area contributed by atoms with E-state index < -0.39 is 0 Å². The summed E-state index contributed by atoms with van der Waals surface area (Å²) in [5, 5.41) is 0.937. The van der Waals surface area contributed by atoms with Crippen LogP contribution in [0.2, 0.25) is 0 Å². The molecule has 18 heavy (non-hydrogen) atoms. The molecule has 0 heterocycles. The van der Waals surface area contributed by atoms with Gasteiger partial charge >= 0.3 is 0 Å². The van der Waals surface area contributed by atoms with Crippen LogP contribution in [0.15, 0.2) is 0 Å². The Bertz CT molecular complexity index is 198. The van der Waals surface area contributed by atoms with Gasteiger partial charge in [-0.1, -0.05) is 27.2 Å². The van der Waals surface area contributed by atoms with E-state index in [9.17, 15) is 0 Å². The minimum Gasteiger partial charge on any atom is -0.159 e. The van der Waals surface area contributed by atoms with Crippen molar-refractivity contribution in [3.63, 3.8) is 0 Å². The van der Waals surface area contributed by atoms with Gasteiger partial charge in [0.1, 0.15) is 0 Å². The second-order valence-electron chi connectivity index (χ2n) is 5.20.